The number of alkyl halides is 3. The lowest BCUT2D eigenvalue weighted by Gasteiger charge is -2.28. The lowest BCUT2D eigenvalue weighted by molar-refractivity contribution is -0.137. The van der Waals surface area contributed by atoms with Gasteiger partial charge in [-0.05, 0) is 17.7 Å². The van der Waals surface area contributed by atoms with Crippen molar-refractivity contribution in [1.29, 1.82) is 5.26 Å². The molecule has 1 aliphatic rings. The summed E-state index contributed by atoms with van der Waals surface area (Å²) in [5.41, 5.74) is 6.98. The normalized spacial score (nSPS) is 16.5. The Morgan fingerprint density at radius 1 is 1.15 bits per heavy atom. The average Bonchev–Trinajstić information content (AvgIpc) is 2.59. The van der Waals surface area contributed by atoms with Crippen molar-refractivity contribution in [2.24, 2.45) is 5.73 Å². The van der Waals surface area contributed by atoms with E-state index in [9.17, 15) is 18.4 Å². The Morgan fingerprint density at radius 2 is 1.88 bits per heavy atom. The first-order valence-electron chi connectivity index (χ1n) is 7.78. The van der Waals surface area contributed by atoms with Gasteiger partial charge in [-0.1, -0.05) is 24.3 Å². The zero-order valence-electron chi connectivity index (χ0n) is 14.1. The average molecular weight is 359 g/mol. The Balaban J connectivity index is 2.19. The van der Waals surface area contributed by atoms with E-state index in [0.29, 0.717) is 16.9 Å². The smallest absolute Gasteiger partial charge is 0.416 e. The molecule has 2 aromatic carbocycles. The molecule has 26 heavy (non-hydrogen) atoms. The molecular formula is C19H16F3N3O. The molecule has 2 N–H and O–H groups in total. The van der Waals surface area contributed by atoms with Crippen LogP contribution in [0, 0.1) is 11.3 Å². The fourth-order valence-corrected chi connectivity index (χ4v) is 2.96. The minimum Gasteiger partial charge on any atom is -0.440 e. The third-order valence-electron chi connectivity index (χ3n) is 4.27. The molecule has 0 radical (unpaired) electrons. The molecule has 134 valence electrons. The van der Waals surface area contributed by atoms with Gasteiger partial charge in [-0.3, -0.25) is 0 Å². The van der Waals surface area contributed by atoms with Crippen molar-refractivity contribution in [2.45, 2.75) is 12.1 Å². The minimum atomic E-state index is -4.47. The summed E-state index contributed by atoms with van der Waals surface area (Å²) in [5, 5.41) is 9.49. The Bertz CT molecular complexity index is 926. The molecule has 0 aromatic heterocycles. The van der Waals surface area contributed by atoms with Gasteiger partial charge in [0.15, 0.2) is 0 Å². The zero-order valence-corrected chi connectivity index (χ0v) is 14.1. The van der Waals surface area contributed by atoms with Crippen LogP contribution in [0.5, 0.6) is 5.75 Å². The van der Waals surface area contributed by atoms with E-state index in [0.717, 1.165) is 17.8 Å². The van der Waals surface area contributed by atoms with Crippen LogP contribution < -0.4 is 15.4 Å². The summed E-state index contributed by atoms with van der Waals surface area (Å²) in [6, 6.07) is 12.2. The molecule has 2 aromatic rings. The Labute approximate surface area is 148 Å². The van der Waals surface area contributed by atoms with E-state index >= 15 is 0 Å². The lowest BCUT2D eigenvalue weighted by Crippen LogP contribution is -2.22. The number of benzene rings is 2. The van der Waals surface area contributed by atoms with Crippen molar-refractivity contribution in [1.82, 2.24) is 0 Å². The van der Waals surface area contributed by atoms with E-state index < -0.39 is 17.7 Å². The topological polar surface area (TPSA) is 62.3 Å². The first-order valence-corrected chi connectivity index (χ1v) is 7.78. The van der Waals surface area contributed by atoms with Crippen molar-refractivity contribution in [3.63, 3.8) is 0 Å². The number of nitriles is 1. The van der Waals surface area contributed by atoms with E-state index in [1.807, 2.05) is 31.1 Å². The third kappa shape index (κ3) is 3.06. The Hall–Kier alpha value is -3.14. The molecule has 0 unspecified atom stereocenters. The first-order chi connectivity index (χ1) is 12.2. The van der Waals surface area contributed by atoms with Gasteiger partial charge in [-0.25, -0.2) is 0 Å². The van der Waals surface area contributed by atoms with Crippen LogP contribution in [0.3, 0.4) is 0 Å². The predicted octanol–water partition coefficient (Wildman–Crippen LogP) is 3.99. The summed E-state index contributed by atoms with van der Waals surface area (Å²) in [7, 11) is 3.71. The summed E-state index contributed by atoms with van der Waals surface area (Å²) in [6.45, 7) is 0. The maximum absolute atomic E-state index is 13.1. The van der Waals surface area contributed by atoms with Crippen LogP contribution >= 0.6 is 0 Å². The zero-order chi connectivity index (χ0) is 19.1. The van der Waals surface area contributed by atoms with Crippen LogP contribution in [0.1, 0.15) is 22.6 Å². The summed E-state index contributed by atoms with van der Waals surface area (Å²) in [4.78, 5) is 1.86. The molecule has 0 bridgehead atoms. The summed E-state index contributed by atoms with van der Waals surface area (Å²) in [5.74, 6) is -0.393. The van der Waals surface area contributed by atoms with Crippen molar-refractivity contribution in [2.75, 3.05) is 19.0 Å². The molecule has 1 aliphatic heterocycles. The molecule has 1 atom stereocenters. The Morgan fingerprint density at radius 3 is 2.50 bits per heavy atom. The number of ether oxygens (including phenoxy) is 1. The number of halogens is 3. The summed E-state index contributed by atoms with van der Waals surface area (Å²) in [6.07, 6.45) is -4.47. The number of allylic oxidation sites excluding steroid dienone is 1. The molecule has 0 fully saturated rings. The second-order valence-electron chi connectivity index (χ2n) is 6.16. The van der Waals surface area contributed by atoms with Gasteiger partial charge in [0.1, 0.15) is 17.4 Å². The van der Waals surface area contributed by atoms with Gasteiger partial charge in [0.25, 0.3) is 0 Å². The molecular weight excluding hydrogens is 343 g/mol. The maximum Gasteiger partial charge on any atom is 0.416 e. The molecule has 0 amide bonds. The number of nitrogens with two attached hydrogens (primary N) is 1. The SMILES string of the molecule is CN(C)c1ccc2c(c1)OC(N)=C(C#N)[C@@H]2c1cccc(C(F)(F)F)c1. The largest absolute Gasteiger partial charge is 0.440 e. The molecule has 1 heterocycles. The van der Waals surface area contributed by atoms with E-state index in [1.165, 1.54) is 6.07 Å². The monoisotopic (exact) mass is 359 g/mol. The van der Waals surface area contributed by atoms with Crippen LogP contribution in [0.15, 0.2) is 53.9 Å². The van der Waals surface area contributed by atoms with Gasteiger partial charge < -0.3 is 15.4 Å². The number of fused-ring (bicyclic) bond motifs is 1. The molecule has 0 spiro atoms. The number of hydrogen-bond donors (Lipinski definition) is 1. The highest BCUT2D eigenvalue weighted by atomic mass is 19.4. The van der Waals surface area contributed by atoms with Gasteiger partial charge in [-0.15, -0.1) is 0 Å². The van der Waals surface area contributed by atoms with Gasteiger partial charge >= 0.3 is 6.18 Å². The second kappa shape index (κ2) is 6.30. The van der Waals surface area contributed by atoms with Crippen LogP contribution in [0.2, 0.25) is 0 Å². The van der Waals surface area contributed by atoms with Crippen LogP contribution in [-0.4, -0.2) is 14.1 Å². The summed E-state index contributed by atoms with van der Waals surface area (Å²) >= 11 is 0. The highest BCUT2D eigenvalue weighted by Gasteiger charge is 2.34. The molecule has 0 aliphatic carbocycles. The fourth-order valence-electron chi connectivity index (χ4n) is 2.96. The van der Waals surface area contributed by atoms with Crippen LogP contribution in [-0.2, 0) is 6.18 Å². The number of hydrogen-bond acceptors (Lipinski definition) is 4. The molecule has 7 heteroatoms. The van der Waals surface area contributed by atoms with Crippen LogP contribution in [0.4, 0.5) is 18.9 Å². The molecule has 4 nitrogen and oxygen atoms in total. The van der Waals surface area contributed by atoms with Gasteiger partial charge in [0.05, 0.1) is 11.5 Å². The van der Waals surface area contributed by atoms with Crippen molar-refractivity contribution < 1.29 is 17.9 Å². The predicted molar refractivity (Wildman–Crippen MR) is 91.5 cm³/mol. The fraction of sp³-hybridized carbons (Fsp3) is 0.211. The highest BCUT2D eigenvalue weighted by Crippen LogP contribution is 2.44. The van der Waals surface area contributed by atoms with Gasteiger partial charge in [-0.2, -0.15) is 18.4 Å². The van der Waals surface area contributed by atoms with E-state index in [2.05, 4.69) is 0 Å². The molecule has 0 saturated carbocycles. The Kier molecular flexibility index (Phi) is 4.28. The van der Waals surface area contributed by atoms with Crippen molar-refractivity contribution in [3.8, 4) is 11.8 Å². The van der Waals surface area contributed by atoms with Crippen LogP contribution in [0.25, 0.3) is 0 Å². The quantitative estimate of drug-likeness (QED) is 0.881. The standard InChI is InChI=1S/C19H16F3N3O/c1-25(2)13-6-7-14-16(9-13)26-18(24)15(10-23)17(14)11-4-3-5-12(8-11)19(20,21)22/h3-9,17H,24H2,1-2H3/t17-/m1/s1. The molecule has 0 saturated heterocycles. The van der Waals surface area contributed by atoms with E-state index in [4.69, 9.17) is 10.5 Å². The first kappa shape index (κ1) is 17.7. The molecule has 3 rings (SSSR count). The summed E-state index contributed by atoms with van der Waals surface area (Å²) < 4.78 is 44.9. The van der Waals surface area contributed by atoms with E-state index in [1.54, 1.807) is 18.2 Å². The third-order valence-corrected chi connectivity index (χ3v) is 4.27. The van der Waals surface area contributed by atoms with Gasteiger partial charge in [0.2, 0.25) is 5.88 Å². The van der Waals surface area contributed by atoms with E-state index in [-0.39, 0.29) is 11.5 Å². The lowest BCUT2D eigenvalue weighted by atomic mass is 9.83. The maximum atomic E-state index is 13.1. The number of rotatable bonds is 2. The highest BCUT2D eigenvalue weighted by molar-refractivity contribution is 5.61. The van der Waals surface area contributed by atoms with Gasteiger partial charge in [0, 0.05) is 31.4 Å². The second-order valence-corrected chi connectivity index (χ2v) is 6.16. The minimum absolute atomic E-state index is 0.0921. The van der Waals surface area contributed by atoms with Crippen molar-refractivity contribution in [3.05, 3.63) is 70.6 Å². The number of anilines is 1. The number of nitrogens with zero attached hydrogens (tertiary/aromatic N) is 2. The van der Waals surface area contributed by atoms with Crippen molar-refractivity contribution >= 4 is 5.69 Å².